The monoisotopic (exact) mass is 334 g/mol. The van der Waals surface area contributed by atoms with E-state index in [2.05, 4.69) is 19.2 Å². The molecule has 1 aromatic heterocycles. The van der Waals surface area contributed by atoms with Gasteiger partial charge in [-0.15, -0.1) is 0 Å². The molecule has 3 rings (SSSR count). The third-order valence-corrected chi connectivity index (χ3v) is 5.31. The molecule has 0 saturated carbocycles. The molecule has 0 spiro atoms. The summed E-state index contributed by atoms with van der Waals surface area (Å²) in [6, 6.07) is 1.72. The molecule has 2 N–H and O–H groups in total. The Balaban J connectivity index is 1.74. The second kappa shape index (κ2) is 5.53. The van der Waals surface area contributed by atoms with Crippen LogP contribution in [0.5, 0.6) is 0 Å². The lowest BCUT2D eigenvalue weighted by Gasteiger charge is -2.35. The van der Waals surface area contributed by atoms with E-state index >= 15 is 0 Å². The summed E-state index contributed by atoms with van der Waals surface area (Å²) in [5, 5.41) is 12.4. The molecule has 2 heterocycles. The van der Waals surface area contributed by atoms with Crippen molar-refractivity contribution in [2.45, 2.75) is 53.0 Å². The number of carboxylic acids is 1. The molecule has 132 valence electrons. The first-order chi connectivity index (χ1) is 11.1. The van der Waals surface area contributed by atoms with Crippen LogP contribution in [0.15, 0.2) is 10.5 Å². The molecule has 2 unspecified atom stereocenters. The van der Waals surface area contributed by atoms with E-state index in [4.69, 9.17) is 4.42 Å². The Morgan fingerprint density at radius 1 is 1.38 bits per heavy atom. The highest BCUT2D eigenvalue weighted by Gasteiger charge is 2.43. The number of furan rings is 1. The van der Waals surface area contributed by atoms with Crippen molar-refractivity contribution in [2.75, 3.05) is 13.1 Å². The van der Waals surface area contributed by atoms with Crippen molar-refractivity contribution >= 4 is 12.0 Å². The molecule has 24 heavy (non-hydrogen) atoms. The van der Waals surface area contributed by atoms with Crippen LogP contribution in [-0.4, -0.2) is 35.1 Å². The normalized spacial score (nSPS) is 28.5. The van der Waals surface area contributed by atoms with E-state index in [9.17, 15) is 14.7 Å². The van der Waals surface area contributed by atoms with Gasteiger partial charge in [0.2, 0.25) is 0 Å². The molecular weight excluding hydrogens is 308 g/mol. The van der Waals surface area contributed by atoms with Gasteiger partial charge in [-0.2, -0.15) is 0 Å². The molecule has 1 fully saturated rings. The van der Waals surface area contributed by atoms with Crippen LogP contribution < -0.4 is 5.32 Å². The van der Waals surface area contributed by atoms with E-state index in [1.807, 2.05) is 13.0 Å². The van der Waals surface area contributed by atoms with Gasteiger partial charge in [-0.1, -0.05) is 13.8 Å². The van der Waals surface area contributed by atoms with Gasteiger partial charge >= 0.3 is 12.0 Å². The summed E-state index contributed by atoms with van der Waals surface area (Å²) in [6.07, 6.45) is 2.19. The van der Waals surface area contributed by atoms with E-state index in [-0.39, 0.29) is 24.0 Å². The quantitative estimate of drug-likeness (QED) is 0.870. The summed E-state index contributed by atoms with van der Waals surface area (Å²) in [6.45, 7) is 8.69. The summed E-state index contributed by atoms with van der Waals surface area (Å²) in [5.74, 6) is 0.965. The molecule has 0 aromatic carbocycles. The molecule has 0 bridgehead atoms. The zero-order valence-electron chi connectivity index (χ0n) is 14.8. The molecule has 1 aliphatic carbocycles. The maximum atomic E-state index is 12.6. The first kappa shape index (κ1) is 16.9. The lowest BCUT2D eigenvalue weighted by molar-refractivity contribution is -0.147. The Morgan fingerprint density at radius 3 is 2.71 bits per heavy atom. The summed E-state index contributed by atoms with van der Waals surface area (Å²) in [4.78, 5) is 25.6. The largest absolute Gasteiger partial charge is 0.481 e. The number of carboxylic acid groups (broad SMARTS) is 1. The molecule has 6 heteroatoms. The summed E-state index contributed by atoms with van der Waals surface area (Å²) in [5.41, 5.74) is 0.261. The second-order valence-corrected chi connectivity index (χ2v) is 8.32. The van der Waals surface area contributed by atoms with Crippen LogP contribution in [0.4, 0.5) is 4.79 Å². The maximum Gasteiger partial charge on any atom is 0.317 e. The standard InChI is InChI=1S/C18H26N2O4/c1-11-7-12-13(8-17(2,3)9-14(12)24-11)19-16(23)20-6-5-18(4,10-20)15(21)22/h7,13H,5-6,8-10H2,1-4H3,(H,19,23)(H,21,22). The average Bonchev–Trinajstić information content (AvgIpc) is 3.01. The highest BCUT2D eigenvalue weighted by Crippen LogP contribution is 2.42. The Labute approximate surface area is 142 Å². The van der Waals surface area contributed by atoms with Crippen molar-refractivity contribution in [1.82, 2.24) is 10.2 Å². The van der Waals surface area contributed by atoms with Gasteiger partial charge in [-0.3, -0.25) is 4.79 Å². The molecule has 1 aromatic rings. The van der Waals surface area contributed by atoms with Gasteiger partial charge in [-0.05, 0) is 38.2 Å². The number of likely N-dealkylation sites (tertiary alicyclic amines) is 1. The van der Waals surface area contributed by atoms with E-state index < -0.39 is 11.4 Å². The smallest absolute Gasteiger partial charge is 0.317 e. The van der Waals surface area contributed by atoms with Crippen molar-refractivity contribution in [2.24, 2.45) is 10.8 Å². The van der Waals surface area contributed by atoms with Crippen molar-refractivity contribution < 1.29 is 19.1 Å². The molecule has 6 nitrogen and oxygen atoms in total. The number of urea groups is 1. The van der Waals surface area contributed by atoms with E-state index in [1.165, 1.54) is 0 Å². The van der Waals surface area contributed by atoms with Gasteiger partial charge in [0.25, 0.3) is 0 Å². The Morgan fingerprint density at radius 2 is 2.08 bits per heavy atom. The van der Waals surface area contributed by atoms with Gasteiger partial charge < -0.3 is 19.7 Å². The van der Waals surface area contributed by atoms with Gasteiger partial charge in [0.05, 0.1) is 11.5 Å². The number of rotatable bonds is 2. The van der Waals surface area contributed by atoms with Gasteiger partial charge in [0, 0.05) is 25.1 Å². The highest BCUT2D eigenvalue weighted by molar-refractivity contribution is 5.79. The lowest BCUT2D eigenvalue weighted by Crippen LogP contribution is -2.44. The predicted molar refractivity (Wildman–Crippen MR) is 88.8 cm³/mol. The molecule has 1 aliphatic heterocycles. The third-order valence-electron chi connectivity index (χ3n) is 5.31. The minimum Gasteiger partial charge on any atom is -0.481 e. The number of hydrogen-bond acceptors (Lipinski definition) is 3. The first-order valence-corrected chi connectivity index (χ1v) is 8.48. The van der Waals surface area contributed by atoms with Crippen LogP contribution in [0.2, 0.25) is 0 Å². The number of nitrogens with zero attached hydrogens (tertiary/aromatic N) is 1. The fraction of sp³-hybridized carbons (Fsp3) is 0.667. The summed E-state index contributed by atoms with van der Waals surface area (Å²) in [7, 11) is 0. The predicted octanol–water partition coefficient (Wildman–Crippen LogP) is 3.11. The average molecular weight is 334 g/mol. The number of hydrogen-bond donors (Lipinski definition) is 2. The number of carbonyl (C=O) groups excluding carboxylic acids is 1. The Kier molecular flexibility index (Phi) is 3.89. The van der Waals surface area contributed by atoms with Crippen molar-refractivity contribution in [3.8, 4) is 0 Å². The van der Waals surface area contributed by atoms with Gasteiger partial charge in [0.1, 0.15) is 11.5 Å². The number of nitrogens with one attached hydrogen (secondary N) is 1. The topological polar surface area (TPSA) is 82.8 Å². The number of aliphatic carboxylic acids is 1. The molecule has 2 amide bonds. The van der Waals surface area contributed by atoms with E-state index in [0.717, 1.165) is 29.9 Å². The third kappa shape index (κ3) is 3.01. The molecule has 1 saturated heterocycles. The Bertz CT molecular complexity index is 679. The van der Waals surface area contributed by atoms with Crippen LogP contribution in [0.3, 0.4) is 0 Å². The van der Waals surface area contributed by atoms with Crippen LogP contribution in [0.25, 0.3) is 0 Å². The van der Waals surface area contributed by atoms with Crippen LogP contribution >= 0.6 is 0 Å². The van der Waals surface area contributed by atoms with Gasteiger partial charge in [-0.25, -0.2) is 4.79 Å². The number of amides is 2. The minimum absolute atomic E-state index is 0.0514. The summed E-state index contributed by atoms with van der Waals surface area (Å²) >= 11 is 0. The van der Waals surface area contributed by atoms with Crippen molar-refractivity contribution in [3.63, 3.8) is 0 Å². The number of carbonyl (C=O) groups is 2. The van der Waals surface area contributed by atoms with Crippen LogP contribution in [0, 0.1) is 17.8 Å². The van der Waals surface area contributed by atoms with Crippen molar-refractivity contribution in [1.29, 1.82) is 0 Å². The molecular formula is C18H26N2O4. The first-order valence-electron chi connectivity index (χ1n) is 8.48. The van der Waals surface area contributed by atoms with Crippen LogP contribution in [-0.2, 0) is 11.2 Å². The van der Waals surface area contributed by atoms with E-state index in [0.29, 0.717) is 13.0 Å². The van der Waals surface area contributed by atoms with Crippen molar-refractivity contribution in [3.05, 3.63) is 23.2 Å². The maximum absolute atomic E-state index is 12.6. The highest BCUT2D eigenvalue weighted by atomic mass is 16.4. The lowest BCUT2D eigenvalue weighted by atomic mass is 9.75. The molecule has 0 radical (unpaired) electrons. The fourth-order valence-electron chi connectivity index (χ4n) is 3.86. The van der Waals surface area contributed by atoms with Crippen LogP contribution in [0.1, 0.15) is 56.7 Å². The zero-order chi connectivity index (χ0) is 17.7. The Hall–Kier alpha value is -1.98. The second-order valence-electron chi connectivity index (χ2n) is 8.32. The summed E-state index contributed by atoms with van der Waals surface area (Å²) < 4.78 is 5.80. The molecule has 2 aliphatic rings. The molecule has 2 atom stereocenters. The number of aryl methyl sites for hydroxylation is 1. The van der Waals surface area contributed by atoms with E-state index in [1.54, 1.807) is 11.8 Å². The van der Waals surface area contributed by atoms with Gasteiger partial charge in [0.15, 0.2) is 0 Å². The minimum atomic E-state index is -0.847. The fourth-order valence-corrected chi connectivity index (χ4v) is 3.86. The zero-order valence-corrected chi connectivity index (χ0v) is 14.8. The SMILES string of the molecule is Cc1cc2c(o1)CC(C)(C)CC2NC(=O)N1CCC(C)(C(=O)O)C1. The number of fused-ring (bicyclic) bond motifs is 1.